The zero-order chi connectivity index (χ0) is 17.8. The van der Waals surface area contributed by atoms with Crippen molar-refractivity contribution in [1.82, 2.24) is 19.8 Å². The van der Waals surface area contributed by atoms with Gasteiger partial charge in [0, 0.05) is 33.0 Å². The van der Waals surface area contributed by atoms with Gasteiger partial charge in [-0.05, 0) is 25.3 Å². The molecule has 0 N–H and O–H groups in total. The third-order valence-electron chi connectivity index (χ3n) is 4.41. The molecule has 1 aliphatic rings. The second-order valence-corrected chi connectivity index (χ2v) is 6.31. The molecule has 0 bridgehead atoms. The summed E-state index contributed by atoms with van der Waals surface area (Å²) in [6.07, 6.45) is 5.24. The molecule has 1 aliphatic heterocycles. The Kier molecular flexibility index (Phi) is 5.50. The molecule has 0 unspecified atom stereocenters. The largest absolute Gasteiger partial charge is 0.382 e. The predicted molar refractivity (Wildman–Crippen MR) is 89.2 cm³/mol. The lowest BCUT2D eigenvalue weighted by molar-refractivity contribution is 0.000366. The molecule has 2 aromatic heterocycles. The summed E-state index contributed by atoms with van der Waals surface area (Å²) in [5, 5.41) is 8.08. The fraction of sp³-hybridized carbons (Fsp3) is 0.588. The highest BCUT2D eigenvalue weighted by Crippen LogP contribution is 2.26. The van der Waals surface area contributed by atoms with Crippen LogP contribution in [0.15, 0.2) is 23.0 Å². The molecular formula is C17H24N4O4. The number of aryl methyl sites for hydroxylation is 2. The minimum Gasteiger partial charge on any atom is -0.382 e. The van der Waals surface area contributed by atoms with E-state index in [0.717, 1.165) is 12.0 Å². The zero-order valence-corrected chi connectivity index (χ0v) is 14.8. The molecule has 1 saturated heterocycles. The Morgan fingerprint density at radius 3 is 2.92 bits per heavy atom. The van der Waals surface area contributed by atoms with Gasteiger partial charge in [-0.25, -0.2) is 0 Å². The molecule has 3 rings (SSSR count). The van der Waals surface area contributed by atoms with Gasteiger partial charge in [-0.1, -0.05) is 5.16 Å². The average Bonchev–Trinajstić information content (AvgIpc) is 3.29. The highest BCUT2D eigenvalue weighted by atomic mass is 16.5. The van der Waals surface area contributed by atoms with E-state index in [1.807, 2.05) is 24.3 Å². The minimum absolute atomic E-state index is 0.0349. The SMILES string of the molecule is COCCO[C@H]1CCN(C(=O)c2cc(C)on2)[C@@H]1Cc1cnn(C)c1. The summed E-state index contributed by atoms with van der Waals surface area (Å²) in [5.41, 5.74) is 1.41. The van der Waals surface area contributed by atoms with Gasteiger partial charge >= 0.3 is 0 Å². The van der Waals surface area contributed by atoms with Crippen LogP contribution in [-0.4, -0.2) is 64.8 Å². The Morgan fingerprint density at radius 1 is 1.44 bits per heavy atom. The topological polar surface area (TPSA) is 82.6 Å². The van der Waals surface area contributed by atoms with Crippen molar-refractivity contribution in [1.29, 1.82) is 0 Å². The summed E-state index contributed by atoms with van der Waals surface area (Å²) < 4.78 is 17.8. The molecule has 0 saturated carbocycles. The van der Waals surface area contributed by atoms with Gasteiger partial charge in [-0.3, -0.25) is 9.48 Å². The molecule has 1 amide bonds. The van der Waals surface area contributed by atoms with Gasteiger partial charge < -0.3 is 18.9 Å². The average molecular weight is 348 g/mol. The number of carbonyl (C=O) groups is 1. The minimum atomic E-state index is -0.122. The molecule has 2 atom stereocenters. The van der Waals surface area contributed by atoms with Crippen LogP contribution in [0.2, 0.25) is 0 Å². The van der Waals surface area contributed by atoms with Crippen LogP contribution in [0.5, 0.6) is 0 Å². The molecule has 3 heterocycles. The highest BCUT2D eigenvalue weighted by Gasteiger charge is 2.39. The Morgan fingerprint density at radius 2 is 2.28 bits per heavy atom. The number of carbonyl (C=O) groups excluding carboxylic acids is 1. The first-order valence-corrected chi connectivity index (χ1v) is 8.41. The molecule has 0 aromatic carbocycles. The van der Waals surface area contributed by atoms with Crippen molar-refractivity contribution in [2.45, 2.75) is 31.9 Å². The van der Waals surface area contributed by atoms with Crippen LogP contribution in [-0.2, 0) is 22.9 Å². The predicted octanol–water partition coefficient (Wildman–Crippen LogP) is 1.21. The molecular weight excluding hydrogens is 324 g/mol. The smallest absolute Gasteiger partial charge is 0.276 e. The maximum atomic E-state index is 12.8. The summed E-state index contributed by atoms with van der Waals surface area (Å²) in [6.45, 7) is 3.45. The summed E-state index contributed by atoms with van der Waals surface area (Å²) >= 11 is 0. The lowest BCUT2D eigenvalue weighted by Gasteiger charge is -2.27. The van der Waals surface area contributed by atoms with Gasteiger partial charge in [-0.15, -0.1) is 0 Å². The molecule has 1 fully saturated rings. The third kappa shape index (κ3) is 4.08. The zero-order valence-electron chi connectivity index (χ0n) is 14.8. The summed E-state index contributed by atoms with van der Waals surface area (Å²) in [4.78, 5) is 14.7. The van der Waals surface area contributed by atoms with Gasteiger partial charge in [0.2, 0.25) is 0 Å². The molecule has 0 spiro atoms. The quantitative estimate of drug-likeness (QED) is 0.700. The lowest BCUT2D eigenvalue weighted by atomic mass is 10.0. The molecule has 0 radical (unpaired) electrons. The van der Waals surface area contributed by atoms with Gasteiger partial charge in [0.1, 0.15) is 5.76 Å². The number of ether oxygens (including phenoxy) is 2. The molecule has 8 heteroatoms. The molecule has 2 aromatic rings. The molecule has 0 aliphatic carbocycles. The van der Waals surface area contributed by atoms with Crippen LogP contribution in [0.1, 0.15) is 28.2 Å². The van der Waals surface area contributed by atoms with Crippen LogP contribution < -0.4 is 0 Å². The fourth-order valence-corrected chi connectivity index (χ4v) is 3.23. The lowest BCUT2D eigenvalue weighted by Crippen LogP contribution is -2.42. The Bertz CT molecular complexity index is 711. The standard InChI is InChI=1S/C17H24N4O4/c1-12-8-14(19-25-12)17(22)21-5-4-16(24-7-6-23-3)15(21)9-13-10-18-20(2)11-13/h8,10-11,15-16H,4-7,9H2,1-3H3/t15-,16+/m1/s1. The van der Waals surface area contributed by atoms with Gasteiger partial charge in [0.05, 0.1) is 31.6 Å². The van der Waals surface area contributed by atoms with E-state index in [1.54, 1.807) is 24.8 Å². The molecule has 25 heavy (non-hydrogen) atoms. The van der Waals surface area contributed by atoms with E-state index < -0.39 is 0 Å². The number of hydrogen-bond acceptors (Lipinski definition) is 6. The number of rotatable bonds is 7. The first-order valence-electron chi connectivity index (χ1n) is 8.41. The third-order valence-corrected chi connectivity index (χ3v) is 4.41. The number of amides is 1. The van der Waals surface area contributed by atoms with Crippen LogP contribution >= 0.6 is 0 Å². The van der Waals surface area contributed by atoms with Crippen LogP contribution in [0.25, 0.3) is 0 Å². The summed E-state index contributed by atoms with van der Waals surface area (Å²) in [5.74, 6) is 0.503. The Balaban J connectivity index is 1.76. The van der Waals surface area contributed by atoms with E-state index in [2.05, 4.69) is 10.3 Å². The normalized spacial score (nSPS) is 20.4. The first kappa shape index (κ1) is 17.6. The Labute approximate surface area is 146 Å². The van der Waals surface area contributed by atoms with Crippen molar-refractivity contribution in [2.24, 2.45) is 7.05 Å². The van der Waals surface area contributed by atoms with E-state index in [1.165, 1.54) is 0 Å². The van der Waals surface area contributed by atoms with Crippen molar-refractivity contribution in [3.63, 3.8) is 0 Å². The maximum absolute atomic E-state index is 12.8. The van der Waals surface area contributed by atoms with E-state index in [-0.39, 0.29) is 18.1 Å². The molecule has 136 valence electrons. The second-order valence-electron chi connectivity index (χ2n) is 6.31. The van der Waals surface area contributed by atoms with Crippen LogP contribution in [0.4, 0.5) is 0 Å². The number of aromatic nitrogens is 3. The number of methoxy groups -OCH3 is 1. The van der Waals surface area contributed by atoms with E-state index in [4.69, 9.17) is 14.0 Å². The monoisotopic (exact) mass is 348 g/mol. The second kappa shape index (κ2) is 7.79. The fourth-order valence-electron chi connectivity index (χ4n) is 3.23. The van der Waals surface area contributed by atoms with Crippen molar-refractivity contribution >= 4 is 5.91 Å². The summed E-state index contributed by atoms with van der Waals surface area (Å²) in [7, 11) is 3.53. The maximum Gasteiger partial charge on any atom is 0.276 e. The van der Waals surface area contributed by atoms with E-state index in [9.17, 15) is 4.79 Å². The Hall–Kier alpha value is -2.19. The van der Waals surface area contributed by atoms with E-state index >= 15 is 0 Å². The summed E-state index contributed by atoms with van der Waals surface area (Å²) in [6, 6.07) is 1.60. The van der Waals surface area contributed by atoms with Gasteiger partial charge in [0.15, 0.2) is 5.69 Å². The van der Waals surface area contributed by atoms with Gasteiger partial charge in [-0.2, -0.15) is 5.10 Å². The first-order chi connectivity index (χ1) is 12.1. The van der Waals surface area contributed by atoms with Crippen LogP contribution in [0, 0.1) is 6.92 Å². The van der Waals surface area contributed by atoms with Crippen molar-refractivity contribution in [2.75, 3.05) is 26.9 Å². The van der Waals surface area contributed by atoms with Crippen molar-refractivity contribution < 1.29 is 18.8 Å². The molecule has 8 nitrogen and oxygen atoms in total. The number of nitrogens with zero attached hydrogens (tertiary/aromatic N) is 4. The van der Waals surface area contributed by atoms with Gasteiger partial charge in [0.25, 0.3) is 5.91 Å². The number of likely N-dealkylation sites (tertiary alicyclic amines) is 1. The van der Waals surface area contributed by atoms with E-state index in [0.29, 0.717) is 37.6 Å². The van der Waals surface area contributed by atoms with Crippen molar-refractivity contribution in [3.05, 3.63) is 35.5 Å². The number of hydrogen-bond donors (Lipinski definition) is 0. The van der Waals surface area contributed by atoms with Crippen LogP contribution in [0.3, 0.4) is 0 Å². The van der Waals surface area contributed by atoms with Crippen molar-refractivity contribution in [3.8, 4) is 0 Å². The highest BCUT2D eigenvalue weighted by molar-refractivity contribution is 5.92.